The Hall–Kier alpha value is -0.410. The quantitative estimate of drug-likeness (QED) is 0.481. The van der Waals surface area contributed by atoms with Gasteiger partial charge in [0, 0.05) is 19.3 Å². The van der Waals surface area contributed by atoms with Crippen LogP contribution in [0.5, 0.6) is 0 Å². The average Bonchev–Trinajstić information content (AvgIpc) is 1.83. The van der Waals surface area contributed by atoms with Crippen molar-refractivity contribution < 1.29 is 0 Å². The smallest absolute Gasteiger partial charge is 0.0310 e. The van der Waals surface area contributed by atoms with Crippen molar-refractivity contribution in [3.05, 3.63) is 0 Å². The van der Waals surface area contributed by atoms with Crippen molar-refractivity contribution in [2.24, 2.45) is 16.5 Å². The molecule has 0 atom stereocenters. The summed E-state index contributed by atoms with van der Waals surface area (Å²) < 4.78 is 0. The topological polar surface area (TPSA) is 64.4 Å². The molecule has 0 amide bonds. The Morgan fingerprint density at radius 1 is 1.50 bits per heavy atom. The van der Waals surface area contributed by atoms with Crippen molar-refractivity contribution in [2.75, 3.05) is 20.1 Å². The molecule has 0 aliphatic rings. The van der Waals surface area contributed by atoms with Gasteiger partial charge in [0.1, 0.15) is 0 Å². The van der Waals surface area contributed by atoms with Crippen LogP contribution in [0.3, 0.4) is 0 Å². The number of nitrogens with two attached hydrogens (primary N) is 2. The molecule has 0 heterocycles. The molecule has 4 N–H and O–H groups in total. The lowest BCUT2D eigenvalue weighted by atomic mass is 10.3. The minimum absolute atomic E-state index is 0.535. The zero-order valence-corrected chi connectivity index (χ0v) is 5.22. The minimum Gasteiger partial charge on any atom is -0.330 e. The van der Waals surface area contributed by atoms with Crippen LogP contribution in [0.1, 0.15) is 6.42 Å². The molecule has 0 saturated carbocycles. The van der Waals surface area contributed by atoms with E-state index in [4.69, 9.17) is 11.5 Å². The van der Waals surface area contributed by atoms with E-state index < -0.39 is 0 Å². The highest BCUT2D eigenvalue weighted by molar-refractivity contribution is 5.86. The second-order valence-corrected chi connectivity index (χ2v) is 1.53. The molecule has 0 aliphatic heterocycles. The molecular formula is C5H13N3. The van der Waals surface area contributed by atoms with Crippen molar-refractivity contribution in [3.63, 3.8) is 0 Å². The van der Waals surface area contributed by atoms with Gasteiger partial charge in [0.15, 0.2) is 0 Å². The van der Waals surface area contributed by atoms with Gasteiger partial charge in [-0.2, -0.15) is 0 Å². The molecule has 0 aromatic carbocycles. The third-order valence-electron chi connectivity index (χ3n) is 0.985. The van der Waals surface area contributed by atoms with E-state index in [1.807, 2.05) is 0 Å². The van der Waals surface area contributed by atoms with E-state index in [1.54, 1.807) is 7.05 Å². The van der Waals surface area contributed by atoms with Gasteiger partial charge in [0.25, 0.3) is 0 Å². The van der Waals surface area contributed by atoms with Crippen molar-refractivity contribution >= 4 is 5.71 Å². The molecule has 0 radical (unpaired) electrons. The van der Waals surface area contributed by atoms with Crippen LogP contribution in [0, 0.1) is 0 Å². The van der Waals surface area contributed by atoms with E-state index in [0.717, 1.165) is 12.1 Å². The normalized spacial score (nSPS) is 12.1. The zero-order chi connectivity index (χ0) is 6.41. The van der Waals surface area contributed by atoms with Crippen molar-refractivity contribution in [3.8, 4) is 0 Å². The Morgan fingerprint density at radius 3 is 2.25 bits per heavy atom. The van der Waals surface area contributed by atoms with E-state index in [9.17, 15) is 0 Å². The highest BCUT2D eigenvalue weighted by atomic mass is 14.7. The Balaban J connectivity index is 3.38. The number of aliphatic imine (C=N–C) groups is 1. The fourth-order valence-electron chi connectivity index (χ4n) is 0.472. The molecule has 0 unspecified atom stereocenters. The molecule has 0 bridgehead atoms. The highest BCUT2D eigenvalue weighted by Gasteiger charge is 1.89. The first-order valence-electron chi connectivity index (χ1n) is 2.69. The van der Waals surface area contributed by atoms with Gasteiger partial charge in [-0.05, 0) is 13.0 Å². The third-order valence-corrected chi connectivity index (χ3v) is 0.985. The molecule has 0 aliphatic carbocycles. The highest BCUT2D eigenvalue weighted by Crippen LogP contribution is 1.78. The van der Waals surface area contributed by atoms with Crippen molar-refractivity contribution in [1.29, 1.82) is 0 Å². The molecule has 48 valence electrons. The zero-order valence-electron chi connectivity index (χ0n) is 5.22. The largest absolute Gasteiger partial charge is 0.330 e. The Labute approximate surface area is 49.8 Å². The SMILES string of the molecule is CN=C(CN)CCN. The van der Waals surface area contributed by atoms with Crippen LogP contribution < -0.4 is 11.5 Å². The van der Waals surface area contributed by atoms with Gasteiger partial charge < -0.3 is 11.5 Å². The summed E-state index contributed by atoms with van der Waals surface area (Å²) in [4.78, 5) is 3.91. The van der Waals surface area contributed by atoms with Gasteiger partial charge in [-0.3, -0.25) is 4.99 Å². The van der Waals surface area contributed by atoms with E-state index in [-0.39, 0.29) is 0 Å². The van der Waals surface area contributed by atoms with Gasteiger partial charge in [-0.25, -0.2) is 0 Å². The fraction of sp³-hybridized carbons (Fsp3) is 0.800. The fourth-order valence-corrected chi connectivity index (χ4v) is 0.472. The second kappa shape index (κ2) is 4.74. The molecule has 8 heavy (non-hydrogen) atoms. The van der Waals surface area contributed by atoms with E-state index in [1.165, 1.54) is 0 Å². The average molecular weight is 115 g/mol. The molecule has 0 saturated heterocycles. The lowest BCUT2D eigenvalue weighted by molar-refractivity contribution is 1.01. The van der Waals surface area contributed by atoms with Crippen molar-refractivity contribution in [2.45, 2.75) is 6.42 Å². The number of hydrogen-bond donors (Lipinski definition) is 2. The predicted octanol–water partition coefficient (Wildman–Crippen LogP) is -0.635. The van der Waals surface area contributed by atoms with Crippen molar-refractivity contribution in [1.82, 2.24) is 0 Å². The van der Waals surface area contributed by atoms with E-state index in [2.05, 4.69) is 4.99 Å². The molecule has 0 spiro atoms. The minimum atomic E-state index is 0.535. The summed E-state index contributed by atoms with van der Waals surface area (Å²) in [7, 11) is 1.73. The van der Waals surface area contributed by atoms with Crippen LogP contribution in [-0.4, -0.2) is 25.8 Å². The summed E-state index contributed by atoms with van der Waals surface area (Å²) in [5.74, 6) is 0. The van der Waals surface area contributed by atoms with E-state index in [0.29, 0.717) is 13.1 Å². The lowest BCUT2D eigenvalue weighted by Gasteiger charge is -1.96. The van der Waals surface area contributed by atoms with Crippen LogP contribution in [0.25, 0.3) is 0 Å². The maximum Gasteiger partial charge on any atom is 0.0310 e. The molecule has 0 aromatic rings. The third kappa shape index (κ3) is 2.71. The predicted molar refractivity (Wildman–Crippen MR) is 36.1 cm³/mol. The van der Waals surface area contributed by atoms with E-state index >= 15 is 0 Å². The summed E-state index contributed by atoms with van der Waals surface area (Å²) in [6, 6.07) is 0. The molecule has 0 aromatic heterocycles. The Morgan fingerprint density at radius 2 is 2.12 bits per heavy atom. The van der Waals surface area contributed by atoms with Crippen LogP contribution in [0.4, 0.5) is 0 Å². The summed E-state index contributed by atoms with van der Waals surface area (Å²) in [6.07, 6.45) is 0.826. The lowest BCUT2D eigenvalue weighted by Crippen LogP contribution is -2.17. The second-order valence-electron chi connectivity index (χ2n) is 1.53. The first-order chi connectivity index (χ1) is 3.85. The van der Waals surface area contributed by atoms with Gasteiger partial charge in [-0.15, -0.1) is 0 Å². The summed E-state index contributed by atoms with van der Waals surface area (Å²) in [5, 5.41) is 0. The number of rotatable bonds is 3. The first-order valence-corrected chi connectivity index (χ1v) is 2.69. The Bertz CT molecular complexity index is 77.7. The molecule has 3 nitrogen and oxygen atoms in total. The molecular weight excluding hydrogens is 102 g/mol. The monoisotopic (exact) mass is 115 g/mol. The number of nitrogens with zero attached hydrogens (tertiary/aromatic N) is 1. The summed E-state index contributed by atoms with van der Waals surface area (Å²) in [5.41, 5.74) is 11.5. The standard InChI is InChI=1S/C5H13N3/c1-8-5(4-7)2-3-6/h2-4,6-7H2,1H3. The Kier molecular flexibility index (Phi) is 4.50. The molecule has 0 fully saturated rings. The van der Waals surface area contributed by atoms with Crippen LogP contribution in [-0.2, 0) is 0 Å². The van der Waals surface area contributed by atoms with Gasteiger partial charge in [-0.1, -0.05) is 0 Å². The van der Waals surface area contributed by atoms with Crippen LogP contribution in [0.2, 0.25) is 0 Å². The van der Waals surface area contributed by atoms with Gasteiger partial charge in [0.2, 0.25) is 0 Å². The summed E-state index contributed by atoms with van der Waals surface area (Å²) >= 11 is 0. The van der Waals surface area contributed by atoms with Crippen LogP contribution >= 0.6 is 0 Å². The maximum atomic E-state index is 5.28. The first kappa shape index (κ1) is 7.59. The molecule has 3 heteroatoms. The van der Waals surface area contributed by atoms with Gasteiger partial charge in [0.05, 0.1) is 0 Å². The van der Waals surface area contributed by atoms with Gasteiger partial charge >= 0.3 is 0 Å². The summed E-state index contributed by atoms with van der Waals surface area (Å²) in [6.45, 7) is 1.18. The number of hydrogen-bond acceptors (Lipinski definition) is 3. The maximum absolute atomic E-state index is 5.28. The van der Waals surface area contributed by atoms with Crippen LogP contribution in [0.15, 0.2) is 4.99 Å². The molecule has 0 rings (SSSR count).